The Labute approximate surface area is 114 Å². The topological polar surface area (TPSA) is 110 Å². The largest absolute Gasteiger partial charge is 0.480 e. The number of carboxylic acid groups (broad SMARTS) is 1. The van der Waals surface area contributed by atoms with Crippen LogP contribution in [0.1, 0.15) is 5.56 Å². The van der Waals surface area contributed by atoms with Gasteiger partial charge in [-0.25, -0.2) is 12.8 Å². The van der Waals surface area contributed by atoms with Crippen molar-refractivity contribution in [3.05, 3.63) is 29.6 Å². The molecule has 20 heavy (non-hydrogen) atoms. The molecule has 0 aliphatic carbocycles. The molecule has 1 aromatic rings. The van der Waals surface area contributed by atoms with Crippen LogP contribution in [-0.2, 0) is 30.8 Å². The van der Waals surface area contributed by atoms with E-state index >= 15 is 0 Å². The number of rotatable bonds is 6. The van der Waals surface area contributed by atoms with E-state index in [1.807, 2.05) is 0 Å². The van der Waals surface area contributed by atoms with Crippen molar-refractivity contribution in [1.29, 1.82) is 0 Å². The van der Waals surface area contributed by atoms with E-state index in [-0.39, 0.29) is 12.0 Å². The molecule has 110 valence electrons. The molecular weight excluding hydrogens is 293 g/mol. The van der Waals surface area contributed by atoms with Gasteiger partial charge < -0.3 is 9.84 Å². The fourth-order valence-corrected chi connectivity index (χ4v) is 2.29. The molecule has 1 rings (SSSR count). The molecule has 0 heterocycles. The summed E-state index contributed by atoms with van der Waals surface area (Å²) in [5.74, 6) is -2.92. The van der Waals surface area contributed by atoms with Crippen molar-refractivity contribution < 1.29 is 32.2 Å². The lowest BCUT2D eigenvalue weighted by Gasteiger charge is -2.07. The molecule has 0 bridgehead atoms. The molecule has 0 unspecified atom stereocenters. The molecular formula is C11H12FNO6S. The number of carbonyl (C=O) groups is 2. The van der Waals surface area contributed by atoms with Crippen LogP contribution in [0.4, 0.5) is 4.39 Å². The molecule has 2 N–H and O–H groups in total. The third-order valence-corrected chi connectivity index (χ3v) is 3.71. The Hall–Kier alpha value is -2.00. The summed E-state index contributed by atoms with van der Waals surface area (Å²) >= 11 is 0. The number of methoxy groups -OCH3 is 1. The van der Waals surface area contributed by atoms with E-state index in [4.69, 9.17) is 5.11 Å². The van der Waals surface area contributed by atoms with E-state index in [0.717, 1.165) is 19.2 Å². The van der Waals surface area contributed by atoms with E-state index in [2.05, 4.69) is 4.74 Å². The van der Waals surface area contributed by atoms with Gasteiger partial charge in [0.1, 0.15) is 12.4 Å². The molecule has 7 nitrogen and oxygen atoms in total. The summed E-state index contributed by atoms with van der Waals surface area (Å²) in [5, 5.41) is 8.40. The second-order valence-corrected chi connectivity index (χ2v) is 5.49. The number of hydrogen-bond acceptors (Lipinski definition) is 5. The molecule has 0 aliphatic heterocycles. The quantitative estimate of drug-likeness (QED) is 0.710. The molecule has 0 aliphatic rings. The van der Waals surface area contributed by atoms with Crippen molar-refractivity contribution in [1.82, 2.24) is 4.72 Å². The van der Waals surface area contributed by atoms with Crippen molar-refractivity contribution >= 4 is 22.0 Å². The highest BCUT2D eigenvalue weighted by Crippen LogP contribution is 2.15. The van der Waals surface area contributed by atoms with Gasteiger partial charge in [-0.3, -0.25) is 9.59 Å². The van der Waals surface area contributed by atoms with E-state index in [9.17, 15) is 22.4 Å². The van der Waals surface area contributed by atoms with Gasteiger partial charge in [-0.2, -0.15) is 4.72 Å². The fourth-order valence-electron chi connectivity index (χ4n) is 1.31. The summed E-state index contributed by atoms with van der Waals surface area (Å²) in [7, 11) is -2.97. The van der Waals surface area contributed by atoms with Crippen molar-refractivity contribution in [2.45, 2.75) is 11.3 Å². The van der Waals surface area contributed by atoms with Gasteiger partial charge in [0.15, 0.2) is 0 Å². The summed E-state index contributed by atoms with van der Waals surface area (Å²) in [6.45, 7) is -0.812. The molecule has 0 aromatic heterocycles. The average molecular weight is 305 g/mol. The fraction of sp³-hybridized carbons (Fsp3) is 0.273. The van der Waals surface area contributed by atoms with E-state index in [0.29, 0.717) is 6.07 Å². The van der Waals surface area contributed by atoms with Gasteiger partial charge in [-0.15, -0.1) is 0 Å². The maximum absolute atomic E-state index is 13.7. The molecule has 0 amide bonds. The van der Waals surface area contributed by atoms with E-state index < -0.39 is 39.2 Å². The molecule has 0 saturated carbocycles. The third kappa shape index (κ3) is 4.28. The summed E-state index contributed by atoms with van der Waals surface area (Å²) in [6.07, 6.45) is -0.328. The molecule has 0 radical (unpaired) electrons. The molecule has 0 spiro atoms. The number of hydrogen-bond donors (Lipinski definition) is 2. The van der Waals surface area contributed by atoms with Crippen LogP contribution < -0.4 is 4.72 Å². The molecule has 0 atom stereocenters. The zero-order chi connectivity index (χ0) is 15.3. The lowest BCUT2D eigenvalue weighted by Crippen LogP contribution is -2.29. The average Bonchev–Trinajstić information content (AvgIpc) is 2.38. The van der Waals surface area contributed by atoms with Gasteiger partial charge in [-0.1, -0.05) is 6.07 Å². The Balaban J connectivity index is 2.96. The Kier molecular flexibility index (Phi) is 5.17. The molecule has 0 fully saturated rings. The van der Waals surface area contributed by atoms with Crippen LogP contribution in [0.15, 0.2) is 23.1 Å². The second kappa shape index (κ2) is 6.44. The highest BCUT2D eigenvalue weighted by molar-refractivity contribution is 7.89. The lowest BCUT2D eigenvalue weighted by atomic mass is 10.1. The Morgan fingerprint density at radius 2 is 2.05 bits per heavy atom. The van der Waals surface area contributed by atoms with Crippen LogP contribution in [0.2, 0.25) is 0 Å². The standard InChI is InChI=1S/C11H12FNO6S/c1-19-11(16)4-7-2-3-8(5-9(7)12)20(17,18)13-6-10(14)15/h2-3,5,13H,4,6H2,1H3,(H,14,15). The second-order valence-electron chi connectivity index (χ2n) is 3.72. The Morgan fingerprint density at radius 3 is 2.55 bits per heavy atom. The first-order valence-corrected chi connectivity index (χ1v) is 6.81. The number of nitrogens with one attached hydrogen (secondary N) is 1. The van der Waals surface area contributed by atoms with Crippen LogP contribution in [0.3, 0.4) is 0 Å². The van der Waals surface area contributed by atoms with Crippen molar-refractivity contribution in [2.24, 2.45) is 0 Å². The minimum absolute atomic E-state index is 0.0194. The highest BCUT2D eigenvalue weighted by atomic mass is 32.2. The highest BCUT2D eigenvalue weighted by Gasteiger charge is 2.18. The van der Waals surface area contributed by atoms with Gasteiger partial charge in [0.05, 0.1) is 18.4 Å². The first-order valence-electron chi connectivity index (χ1n) is 5.33. The molecule has 9 heteroatoms. The minimum atomic E-state index is -4.12. The monoisotopic (exact) mass is 305 g/mol. The van der Waals surface area contributed by atoms with Crippen molar-refractivity contribution in [2.75, 3.05) is 13.7 Å². The lowest BCUT2D eigenvalue weighted by molar-refractivity contribution is -0.140. The number of sulfonamides is 1. The number of esters is 1. The Bertz CT molecular complexity index is 628. The molecule has 0 saturated heterocycles. The van der Waals surface area contributed by atoms with Gasteiger partial charge in [0, 0.05) is 0 Å². The van der Waals surface area contributed by atoms with Crippen molar-refractivity contribution in [3.8, 4) is 0 Å². The number of carbonyl (C=O) groups excluding carboxylic acids is 1. The normalized spacial score (nSPS) is 11.1. The van der Waals surface area contributed by atoms with Crippen LogP contribution in [0.25, 0.3) is 0 Å². The third-order valence-electron chi connectivity index (χ3n) is 2.31. The van der Waals surface area contributed by atoms with E-state index in [1.165, 1.54) is 0 Å². The minimum Gasteiger partial charge on any atom is -0.480 e. The first-order chi connectivity index (χ1) is 9.26. The number of halogens is 1. The maximum atomic E-state index is 13.7. The number of aliphatic carboxylic acids is 1. The van der Waals surface area contributed by atoms with Gasteiger partial charge in [-0.05, 0) is 17.7 Å². The smallest absolute Gasteiger partial charge is 0.318 e. The van der Waals surface area contributed by atoms with Crippen molar-refractivity contribution in [3.63, 3.8) is 0 Å². The van der Waals surface area contributed by atoms with Crippen LogP contribution in [0.5, 0.6) is 0 Å². The Morgan fingerprint density at radius 1 is 1.40 bits per heavy atom. The SMILES string of the molecule is COC(=O)Cc1ccc(S(=O)(=O)NCC(=O)O)cc1F. The maximum Gasteiger partial charge on any atom is 0.318 e. The summed E-state index contributed by atoms with van der Waals surface area (Å²) in [4.78, 5) is 20.9. The predicted molar refractivity (Wildman–Crippen MR) is 64.9 cm³/mol. The number of benzene rings is 1. The van der Waals surface area contributed by atoms with E-state index in [1.54, 1.807) is 4.72 Å². The number of ether oxygens (including phenoxy) is 1. The predicted octanol–water partition coefficient (Wildman–Crippen LogP) is -0.0959. The van der Waals surface area contributed by atoms with Gasteiger partial charge >= 0.3 is 11.9 Å². The van der Waals surface area contributed by atoms with Gasteiger partial charge in [0.25, 0.3) is 0 Å². The summed E-state index contributed by atoms with van der Waals surface area (Å²) in [6, 6.07) is 2.91. The zero-order valence-corrected chi connectivity index (χ0v) is 11.2. The number of carboxylic acids is 1. The van der Waals surface area contributed by atoms with Gasteiger partial charge in [0.2, 0.25) is 10.0 Å². The van der Waals surface area contributed by atoms with Crippen LogP contribution >= 0.6 is 0 Å². The van der Waals surface area contributed by atoms with Crippen LogP contribution in [-0.4, -0.2) is 39.1 Å². The molecule has 1 aromatic carbocycles. The first kappa shape index (κ1) is 16.1. The summed E-state index contributed by atoms with van der Waals surface area (Å²) < 4.78 is 43.1. The zero-order valence-electron chi connectivity index (χ0n) is 10.4. The summed E-state index contributed by atoms with van der Waals surface area (Å²) in [5.41, 5.74) is -0.0194. The van der Waals surface area contributed by atoms with Crippen LogP contribution in [0, 0.1) is 5.82 Å².